The highest BCUT2D eigenvalue weighted by atomic mass is 19.1. The molecular formula is C43H58F2N8O6. The molecule has 320 valence electrons. The van der Waals surface area contributed by atoms with Crippen LogP contribution in [-0.2, 0) is 32.0 Å². The molecule has 0 radical (unpaired) electrons. The summed E-state index contributed by atoms with van der Waals surface area (Å²) in [4.78, 5) is 64.1. The summed E-state index contributed by atoms with van der Waals surface area (Å²) in [5, 5.41) is 34.8. The zero-order chi connectivity index (χ0) is 42.7. The first-order valence-electron chi connectivity index (χ1n) is 20.7. The summed E-state index contributed by atoms with van der Waals surface area (Å²) in [5.41, 5.74) is 3.59. The number of β-amino-alcohol motifs (C(OH)–C–C–N with tert-alkyl or cyclic N) is 2. The number of hydrogen-bond acceptors (Lipinski definition) is 8. The fraction of sp³-hybridized carbons (Fsp3) is 0.535. The molecule has 2 fully saturated rings. The number of nitrogens with one attached hydrogen (secondary N) is 6. The molecule has 0 spiro atoms. The van der Waals surface area contributed by atoms with E-state index in [1.807, 2.05) is 13.8 Å². The lowest BCUT2D eigenvalue weighted by Crippen LogP contribution is -2.53. The van der Waals surface area contributed by atoms with Crippen molar-refractivity contribution in [3.63, 3.8) is 0 Å². The van der Waals surface area contributed by atoms with Crippen molar-refractivity contribution in [2.24, 2.45) is 0 Å². The largest absolute Gasteiger partial charge is 0.391 e. The minimum atomic E-state index is -0.817. The molecule has 14 nitrogen and oxygen atoms in total. The molecule has 2 aromatic heterocycles. The third-order valence-electron chi connectivity index (χ3n) is 12.1. The van der Waals surface area contributed by atoms with E-state index in [1.165, 1.54) is 24.3 Å². The minimum Gasteiger partial charge on any atom is -0.391 e. The maximum atomic E-state index is 14.8. The summed E-state index contributed by atoms with van der Waals surface area (Å²) < 4.78 is 29.6. The molecule has 0 saturated carbocycles. The standard InChI is InChI=1S/C43H58F2N8O6/c1-7-9-35(51-41(57)23(4)47-6)43(59)53-21-29(55)17-27(53)19-33-31-13-11-25(45)15-37(31)49-39(33)38-32(30-12-10-24(44)14-36(30)48-38)18-26-16-28(54)20-52(26)42(58)34(8-2)50-40(56)22(3)46-5/h10-15,22-23,26-29,34-35,46-49,54-55H,7-9,16-21H2,1-6H3,(H,50,56)(H,51,57)/t22-,23-,26-,27-,28-,29-,34-,35-/m0/s1. The van der Waals surface area contributed by atoms with Gasteiger partial charge in [-0.25, -0.2) is 8.78 Å². The van der Waals surface area contributed by atoms with Gasteiger partial charge in [0.15, 0.2) is 0 Å². The number of H-pyrrole nitrogens is 2. The second-order valence-corrected chi connectivity index (χ2v) is 16.2. The summed E-state index contributed by atoms with van der Waals surface area (Å²) in [6, 6.07) is 5.17. The molecule has 0 bridgehead atoms. The number of rotatable bonds is 16. The van der Waals surface area contributed by atoms with E-state index in [0.29, 0.717) is 52.5 Å². The van der Waals surface area contributed by atoms with Crippen molar-refractivity contribution in [3.05, 3.63) is 59.2 Å². The van der Waals surface area contributed by atoms with Gasteiger partial charge in [-0.3, -0.25) is 19.2 Å². The van der Waals surface area contributed by atoms with Crippen LogP contribution in [0.25, 0.3) is 33.2 Å². The number of aliphatic hydroxyl groups is 2. The van der Waals surface area contributed by atoms with Crippen LogP contribution in [-0.4, -0.2) is 129 Å². The Morgan fingerprint density at radius 3 is 1.56 bits per heavy atom. The molecule has 2 saturated heterocycles. The van der Waals surface area contributed by atoms with Crippen molar-refractivity contribution in [1.29, 1.82) is 0 Å². The molecule has 2 aliphatic rings. The first-order chi connectivity index (χ1) is 28.2. The molecule has 0 aliphatic carbocycles. The molecule has 16 heteroatoms. The average molecular weight is 821 g/mol. The second kappa shape index (κ2) is 18.6. The highest BCUT2D eigenvalue weighted by Gasteiger charge is 2.41. The number of aromatic nitrogens is 2. The number of aromatic amines is 2. The normalized spacial score (nSPS) is 21.5. The Bertz CT molecular complexity index is 2170. The Labute approximate surface area is 342 Å². The molecule has 8 N–H and O–H groups in total. The maximum Gasteiger partial charge on any atom is 0.245 e. The summed E-state index contributed by atoms with van der Waals surface area (Å²) >= 11 is 0. The molecule has 2 aliphatic heterocycles. The lowest BCUT2D eigenvalue weighted by molar-refractivity contribution is -0.138. The van der Waals surface area contributed by atoms with Gasteiger partial charge in [-0.2, -0.15) is 0 Å². The number of benzene rings is 2. The Kier molecular flexibility index (Phi) is 13.7. The monoisotopic (exact) mass is 820 g/mol. The molecule has 2 aromatic carbocycles. The van der Waals surface area contributed by atoms with Gasteiger partial charge in [-0.05, 0) is 114 Å². The van der Waals surface area contributed by atoms with Gasteiger partial charge >= 0.3 is 0 Å². The van der Waals surface area contributed by atoms with Crippen molar-refractivity contribution < 1.29 is 38.2 Å². The Morgan fingerprint density at radius 2 is 1.15 bits per heavy atom. The fourth-order valence-corrected chi connectivity index (χ4v) is 8.63. The van der Waals surface area contributed by atoms with E-state index in [1.54, 1.807) is 49.9 Å². The number of carbonyl (C=O) groups is 4. The molecule has 4 amide bonds. The highest BCUT2D eigenvalue weighted by Crippen LogP contribution is 2.40. The van der Waals surface area contributed by atoms with Crippen molar-refractivity contribution >= 4 is 45.4 Å². The quantitative estimate of drug-likeness (QED) is 0.0846. The SMILES string of the molecule is CCC[C@H](NC(=O)[C@H](C)NC)C(=O)N1C[C@@H](O)C[C@H]1Cc1c(-c2[nH]c3cc(F)ccc3c2C[C@@H]2C[C@H](O)CN2C(=O)[C@H](CC)NC(=O)[C@H](C)NC)[nH]c2cc(F)ccc12. The van der Waals surface area contributed by atoms with Crippen molar-refractivity contribution in [1.82, 2.24) is 41.0 Å². The van der Waals surface area contributed by atoms with Crippen LogP contribution in [0.3, 0.4) is 0 Å². The zero-order valence-corrected chi connectivity index (χ0v) is 34.6. The van der Waals surface area contributed by atoms with Gasteiger partial charge in [0.25, 0.3) is 0 Å². The van der Waals surface area contributed by atoms with E-state index in [9.17, 15) is 38.2 Å². The van der Waals surface area contributed by atoms with Gasteiger partial charge in [0.1, 0.15) is 23.7 Å². The number of carbonyl (C=O) groups excluding carboxylic acids is 4. The predicted molar refractivity (Wildman–Crippen MR) is 221 cm³/mol. The van der Waals surface area contributed by atoms with Gasteiger partial charge in [-0.15, -0.1) is 0 Å². The smallest absolute Gasteiger partial charge is 0.245 e. The zero-order valence-electron chi connectivity index (χ0n) is 34.6. The Hall–Kier alpha value is -4.90. The lowest BCUT2D eigenvalue weighted by atomic mass is 9.94. The lowest BCUT2D eigenvalue weighted by Gasteiger charge is -2.30. The van der Waals surface area contributed by atoms with Crippen molar-refractivity contribution in [3.8, 4) is 11.4 Å². The van der Waals surface area contributed by atoms with Gasteiger partial charge in [0.05, 0.1) is 35.7 Å². The Morgan fingerprint density at radius 1 is 0.729 bits per heavy atom. The number of hydrogen-bond donors (Lipinski definition) is 8. The van der Waals surface area contributed by atoms with E-state index in [2.05, 4.69) is 31.2 Å². The number of nitrogens with zero attached hydrogens (tertiary/aromatic N) is 2. The van der Waals surface area contributed by atoms with E-state index >= 15 is 0 Å². The molecule has 4 heterocycles. The topological polar surface area (TPSA) is 195 Å². The third kappa shape index (κ3) is 9.30. The molecule has 4 aromatic rings. The minimum absolute atomic E-state index is 0.0713. The summed E-state index contributed by atoms with van der Waals surface area (Å²) in [6.07, 6.45) is 0.785. The van der Waals surface area contributed by atoms with Crippen LogP contribution in [0.2, 0.25) is 0 Å². The average Bonchev–Trinajstić information content (AvgIpc) is 3.97. The highest BCUT2D eigenvalue weighted by molar-refractivity contribution is 5.97. The molecule has 0 unspecified atom stereocenters. The van der Waals surface area contributed by atoms with E-state index < -0.39 is 60.1 Å². The summed E-state index contributed by atoms with van der Waals surface area (Å²) in [7, 11) is 3.32. The van der Waals surface area contributed by atoms with E-state index in [0.717, 1.165) is 11.1 Å². The first-order valence-corrected chi connectivity index (χ1v) is 20.7. The number of aliphatic hydroxyl groups excluding tert-OH is 2. The summed E-state index contributed by atoms with van der Waals surface area (Å²) in [6.45, 7) is 7.29. The number of amides is 4. The van der Waals surface area contributed by atoms with Crippen molar-refractivity contribution in [2.45, 2.75) is 121 Å². The molecule has 59 heavy (non-hydrogen) atoms. The van der Waals surface area contributed by atoms with Gasteiger partial charge in [0, 0.05) is 47.0 Å². The number of halogens is 2. The van der Waals surface area contributed by atoms with Crippen molar-refractivity contribution in [2.75, 3.05) is 27.2 Å². The van der Waals surface area contributed by atoms with Crippen LogP contribution < -0.4 is 21.3 Å². The molecule has 6 rings (SSSR count). The predicted octanol–water partition coefficient (Wildman–Crippen LogP) is 3.00. The number of likely N-dealkylation sites (N-methyl/N-ethyl adjacent to an activating group) is 2. The van der Waals surface area contributed by atoms with E-state index in [4.69, 9.17) is 0 Å². The third-order valence-corrected chi connectivity index (χ3v) is 12.1. The number of fused-ring (bicyclic) bond motifs is 2. The first kappa shape index (κ1) is 43.7. The van der Waals surface area contributed by atoms with Crippen LogP contribution in [0.4, 0.5) is 8.78 Å². The molecular weight excluding hydrogens is 763 g/mol. The maximum absolute atomic E-state index is 14.8. The second-order valence-electron chi connectivity index (χ2n) is 16.2. The van der Waals surface area contributed by atoms with Gasteiger partial charge < -0.3 is 51.2 Å². The number of likely N-dealkylation sites (tertiary alicyclic amines) is 2. The van der Waals surface area contributed by atoms with Gasteiger partial charge in [-0.1, -0.05) is 20.3 Å². The molecule has 8 atom stereocenters. The van der Waals surface area contributed by atoms with Crippen LogP contribution in [0.15, 0.2) is 36.4 Å². The fourth-order valence-electron chi connectivity index (χ4n) is 8.63. The Balaban J connectivity index is 1.40. The van der Waals surface area contributed by atoms with Crippen LogP contribution in [0.1, 0.15) is 70.9 Å². The van der Waals surface area contributed by atoms with Gasteiger partial charge in [0.2, 0.25) is 23.6 Å². The van der Waals surface area contributed by atoms with Crippen LogP contribution in [0.5, 0.6) is 0 Å². The van der Waals surface area contributed by atoms with Crippen LogP contribution >= 0.6 is 0 Å². The summed E-state index contributed by atoms with van der Waals surface area (Å²) in [5.74, 6) is -2.18. The van der Waals surface area contributed by atoms with Crippen LogP contribution in [0, 0.1) is 11.6 Å². The van der Waals surface area contributed by atoms with E-state index in [-0.39, 0.29) is 62.4 Å².